The van der Waals surface area contributed by atoms with Crippen molar-refractivity contribution in [1.29, 1.82) is 0 Å². The van der Waals surface area contributed by atoms with E-state index < -0.39 is 15.9 Å². The molecule has 0 unspecified atom stereocenters. The Kier molecular flexibility index (Phi) is 6.98. The number of carbonyl (C=O) groups is 1. The summed E-state index contributed by atoms with van der Waals surface area (Å²) in [7, 11) is -2.01. The number of hydrogen-bond donors (Lipinski definition) is 1. The molecule has 146 valence electrons. The number of hydrogen-bond acceptors (Lipinski definition) is 4. The molecular formula is C20H26N2O4S. The van der Waals surface area contributed by atoms with Gasteiger partial charge in [-0.15, -0.1) is 0 Å². The van der Waals surface area contributed by atoms with Gasteiger partial charge in [-0.3, -0.25) is 9.10 Å². The van der Waals surface area contributed by atoms with Gasteiger partial charge in [0.25, 0.3) is 0 Å². The van der Waals surface area contributed by atoms with Crippen LogP contribution < -0.4 is 9.62 Å². The van der Waals surface area contributed by atoms with Crippen molar-refractivity contribution in [2.24, 2.45) is 0 Å². The Morgan fingerprint density at radius 2 is 1.81 bits per heavy atom. The first kappa shape index (κ1) is 20.9. The summed E-state index contributed by atoms with van der Waals surface area (Å²) in [4.78, 5) is 12.4. The standard InChI is InChI=1S/C20H26N2O4S/c1-15(2)17-8-10-19(11-9-17)22(27(4,24)25)13-20(23)21-18-7-5-6-16(12-18)14-26-3/h5-12,15H,13-14H2,1-4H3,(H,21,23). The van der Waals surface area contributed by atoms with Gasteiger partial charge in [-0.1, -0.05) is 38.1 Å². The maximum absolute atomic E-state index is 12.4. The maximum atomic E-state index is 12.4. The molecule has 6 nitrogen and oxygen atoms in total. The average molecular weight is 391 g/mol. The number of benzene rings is 2. The molecule has 2 aromatic rings. The quantitative estimate of drug-likeness (QED) is 0.750. The number of carbonyl (C=O) groups excluding carboxylic acids is 1. The summed E-state index contributed by atoms with van der Waals surface area (Å²) in [5.74, 6) is -0.0728. The largest absolute Gasteiger partial charge is 0.380 e. The molecule has 0 heterocycles. The number of amides is 1. The van der Waals surface area contributed by atoms with Crippen LogP contribution in [0.15, 0.2) is 48.5 Å². The number of anilines is 2. The molecule has 7 heteroatoms. The number of nitrogens with one attached hydrogen (secondary N) is 1. The highest BCUT2D eigenvalue weighted by atomic mass is 32.2. The van der Waals surface area contributed by atoms with Crippen LogP contribution in [0.5, 0.6) is 0 Å². The van der Waals surface area contributed by atoms with Crippen LogP contribution in [0.25, 0.3) is 0 Å². The number of nitrogens with zero attached hydrogens (tertiary/aromatic N) is 1. The van der Waals surface area contributed by atoms with Crippen molar-refractivity contribution in [1.82, 2.24) is 0 Å². The maximum Gasteiger partial charge on any atom is 0.245 e. The van der Waals surface area contributed by atoms with Crippen LogP contribution in [-0.2, 0) is 26.2 Å². The van der Waals surface area contributed by atoms with Crippen molar-refractivity contribution in [3.63, 3.8) is 0 Å². The lowest BCUT2D eigenvalue weighted by Gasteiger charge is -2.22. The molecule has 0 radical (unpaired) electrons. The Bertz CT molecular complexity index is 877. The van der Waals surface area contributed by atoms with Crippen LogP contribution in [0, 0.1) is 0 Å². The Hall–Kier alpha value is -2.38. The molecule has 0 aliphatic carbocycles. The van der Waals surface area contributed by atoms with Gasteiger partial charge in [0.05, 0.1) is 18.6 Å². The van der Waals surface area contributed by atoms with Crippen molar-refractivity contribution in [2.75, 3.05) is 29.5 Å². The second kappa shape index (κ2) is 9.01. The Morgan fingerprint density at radius 3 is 2.37 bits per heavy atom. The van der Waals surface area contributed by atoms with Crippen LogP contribution >= 0.6 is 0 Å². The zero-order valence-corrected chi connectivity index (χ0v) is 16.9. The summed E-state index contributed by atoms with van der Waals surface area (Å²) in [5.41, 5.74) is 3.08. The van der Waals surface area contributed by atoms with Gasteiger partial charge in [0.15, 0.2) is 0 Å². The number of rotatable bonds is 8. The lowest BCUT2D eigenvalue weighted by molar-refractivity contribution is -0.114. The number of sulfonamides is 1. The molecule has 0 fully saturated rings. The molecule has 1 amide bonds. The molecular weight excluding hydrogens is 364 g/mol. The third-order valence-electron chi connectivity index (χ3n) is 4.06. The summed E-state index contributed by atoms with van der Waals surface area (Å²) in [5, 5.41) is 2.74. The number of ether oxygens (including phenoxy) is 1. The SMILES string of the molecule is COCc1cccc(NC(=O)CN(c2ccc(C(C)C)cc2)S(C)(=O)=O)c1. The van der Waals surface area contributed by atoms with Crippen LogP contribution in [0.3, 0.4) is 0 Å². The van der Waals surface area contributed by atoms with Crippen LogP contribution in [-0.4, -0.2) is 34.2 Å². The van der Waals surface area contributed by atoms with Gasteiger partial charge in [0.1, 0.15) is 6.54 Å². The van der Waals surface area contributed by atoms with Crippen LogP contribution in [0.1, 0.15) is 30.9 Å². The molecule has 0 aliphatic rings. The van der Waals surface area contributed by atoms with E-state index in [1.807, 2.05) is 24.3 Å². The molecule has 0 aliphatic heterocycles. The molecule has 0 bridgehead atoms. The summed E-state index contributed by atoms with van der Waals surface area (Å²) < 4.78 is 30.6. The lowest BCUT2D eigenvalue weighted by atomic mass is 10.0. The van der Waals surface area contributed by atoms with Gasteiger partial charge >= 0.3 is 0 Å². The van der Waals surface area contributed by atoms with E-state index in [1.165, 1.54) is 0 Å². The van der Waals surface area contributed by atoms with Crippen molar-refractivity contribution < 1.29 is 17.9 Å². The van der Waals surface area contributed by atoms with Gasteiger partial charge in [0.2, 0.25) is 15.9 Å². The van der Waals surface area contributed by atoms with Crippen molar-refractivity contribution in [2.45, 2.75) is 26.4 Å². The highest BCUT2D eigenvalue weighted by Gasteiger charge is 2.21. The average Bonchev–Trinajstić information content (AvgIpc) is 2.59. The normalized spacial score (nSPS) is 11.4. The smallest absolute Gasteiger partial charge is 0.245 e. The lowest BCUT2D eigenvalue weighted by Crippen LogP contribution is -2.37. The van der Waals surface area contributed by atoms with Gasteiger partial charge in [-0.05, 0) is 41.3 Å². The zero-order chi connectivity index (χ0) is 20.0. The van der Waals surface area contributed by atoms with E-state index in [0.717, 1.165) is 21.7 Å². The monoisotopic (exact) mass is 390 g/mol. The minimum Gasteiger partial charge on any atom is -0.380 e. The molecule has 2 aromatic carbocycles. The Morgan fingerprint density at radius 1 is 1.15 bits per heavy atom. The van der Waals surface area contributed by atoms with Crippen LogP contribution in [0.2, 0.25) is 0 Å². The highest BCUT2D eigenvalue weighted by Crippen LogP contribution is 2.22. The summed E-state index contributed by atoms with van der Waals surface area (Å²) in [6.07, 6.45) is 1.09. The first-order valence-electron chi connectivity index (χ1n) is 8.66. The van der Waals surface area contributed by atoms with Crippen LogP contribution in [0.4, 0.5) is 11.4 Å². The molecule has 0 aromatic heterocycles. The van der Waals surface area contributed by atoms with Gasteiger partial charge in [-0.25, -0.2) is 8.42 Å². The molecule has 0 saturated carbocycles. The first-order chi connectivity index (χ1) is 12.7. The van der Waals surface area contributed by atoms with Crippen molar-refractivity contribution in [3.05, 3.63) is 59.7 Å². The van der Waals surface area contributed by atoms with E-state index >= 15 is 0 Å². The molecule has 0 spiro atoms. The van der Waals surface area contributed by atoms with Gasteiger partial charge in [0, 0.05) is 12.8 Å². The fraction of sp³-hybridized carbons (Fsp3) is 0.350. The third-order valence-corrected chi connectivity index (χ3v) is 5.20. The predicted molar refractivity (Wildman–Crippen MR) is 109 cm³/mol. The molecule has 0 atom stereocenters. The second-order valence-electron chi connectivity index (χ2n) is 6.70. The van der Waals surface area contributed by atoms with Gasteiger partial charge < -0.3 is 10.1 Å². The van der Waals surface area contributed by atoms with E-state index in [-0.39, 0.29) is 6.54 Å². The minimum atomic E-state index is -3.60. The fourth-order valence-electron chi connectivity index (χ4n) is 2.66. The minimum absolute atomic E-state index is 0.297. The third kappa shape index (κ3) is 6.08. The summed E-state index contributed by atoms with van der Waals surface area (Å²) >= 11 is 0. The Labute approximate surface area is 161 Å². The highest BCUT2D eigenvalue weighted by molar-refractivity contribution is 7.92. The summed E-state index contributed by atoms with van der Waals surface area (Å²) in [6.45, 7) is 4.26. The second-order valence-corrected chi connectivity index (χ2v) is 8.60. The molecule has 2 rings (SSSR count). The predicted octanol–water partition coefficient (Wildman–Crippen LogP) is 3.36. The molecule has 1 N–H and O–H groups in total. The topological polar surface area (TPSA) is 75.7 Å². The molecule has 0 saturated heterocycles. The van der Waals surface area contributed by atoms with E-state index in [1.54, 1.807) is 31.4 Å². The van der Waals surface area contributed by atoms with E-state index in [9.17, 15) is 13.2 Å². The van der Waals surface area contributed by atoms with E-state index in [2.05, 4.69) is 19.2 Å². The van der Waals surface area contributed by atoms with Crippen molar-refractivity contribution >= 4 is 27.3 Å². The fourth-order valence-corrected chi connectivity index (χ4v) is 3.52. The van der Waals surface area contributed by atoms with E-state index in [4.69, 9.17) is 4.74 Å². The Balaban J connectivity index is 2.16. The van der Waals surface area contributed by atoms with Gasteiger partial charge in [-0.2, -0.15) is 0 Å². The first-order valence-corrected chi connectivity index (χ1v) is 10.5. The summed E-state index contributed by atoms with van der Waals surface area (Å²) in [6, 6.07) is 14.4. The molecule has 27 heavy (non-hydrogen) atoms. The number of methoxy groups -OCH3 is 1. The zero-order valence-electron chi connectivity index (χ0n) is 16.1. The van der Waals surface area contributed by atoms with E-state index in [0.29, 0.717) is 23.9 Å². The van der Waals surface area contributed by atoms with Crippen molar-refractivity contribution in [3.8, 4) is 0 Å².